The number of esters is 1. The van der Waals surface area contributed by atoms with E-state index in [1.807, 2.05) is 48.5 Å². The molecule has 62 heavy (non-hydrogen) atoms. The first-order valence-corrected chi connectivity index (χ1v) is 20.5. The summed E-state index contributed by atoms with van der Waals surface area (Å²) in [7, 11) is 1.68. The van der Waals surface area contributed by atoms with Gasteiger partial charge < -0.3 is 28.7 Å². The number of benzene rings is 7. The largest absolute Gasteiger partial charge is 0.513 e. The summed E-state index contributed by atoms with van der Waals surface area (Å²) < 4.78 is 20.8. The summed E-state index contributed by atoms with van der Waals surface area (Å²) >= 11 is 0. The summed E-state index contributed by atoms with van der Waals surface area (Å²) in [6.07, 6.45) is 8.87. The molecule has 0 fully saturated rings. The zero-order valence-corrected chi connectivity index (χ0v) is 34.8. The molecule has 7 rings (SSSR count). The predicted molar refractivity (Wildman–Crippen MR) is 251 cm³/mol. The first-order chi connectivity index (χ1) is 30.4. The molecule has 8 heteroatoms. The van der Waals surface area contributed by atoms with Gasteiger partial charge in [0, 0.05) is 41.0 Å². The molecule has 0 N–H and O–H groups in total. The van der Waals surface area contributed by atoms with Gasteiger partial charge in [-0.3, -0.25) is 4.79 Å². The van der Waals surface area contributed by atoms with Gasteiger partial charge >= 0.3 is 12.1 Å². The normalized spacial score (nSPS) is 11.0. The molecular weight excluding hydrogens is 773 g/mol. The highest BCUT2D eigenvalue weighted by Gasteiger charge is 2.15. The van der Waals surface area contributed by atoms with Gasteiger partial charge in [-0.05, 0) is 132 Å². The van der Waals surface area contributed by atoms with Crippen LogP contribution in [0.1, 0.15) is 42.0 Å². The van der Waals surface area contributed by atoms with E-state index in [9.17, 15) is 9.59 Å². The van der Waals surface area contributed by atoms with Gasteiger partial charge in [0.15, 0.2) is 0 Å². The van der Waals surface area contributed by atoms with E-state index in [1.165, 1.54) is 6.92 Å². The second-order valence-corrected chi connectivity index (χ2v) is 14.3. The van der Waals surface area contributed by atoms with Gasteiger partial charge in [0.25, 0.3) is 0 Å². The Balaban J connectivity index is 0.958. The average molecular weight is 821 g/mol. The van der Waals surface area contributed by atoms with Crippen LogP contribution in [0, 0.1) is 0 Å². The number of anilines is 6. The molecule has 0 heterocycles. The van der Waals surface area contributed by atoms with Gasteiger partial charge in [0.2, 0.25) is 0 Å². The van der Waals surface area contributed by atoms with Crippen LogP contribution in [0.3, 0.4) is 0 Å². The third kappa shape index (κ3) is 11.9. The van der Waals surface area contributed by atoms with Gasteiger partial charge in [0.1, 0.15) is 11.5 Å². The quantitative estimate of drug-likeness (QED) is 0.0389. The van der Waals surface area contributed by atoms with Crippen molar-refractivity contribution in [2.45, 2.75) is 19.8 Å². The van der Waals surface area contributed by atoms with Crippen LogP contribution in [0.5, 0.6) is 11.5 Å². The molecule has 310 valence electrons. The standard InChI is InChI=1S/C54H48N2O6/c1-41(57)60-39-9-10-40-61-54(58)62-53-37-33-51(34-38-53)56(47-13-7-4-8-14-47)49-29-25-45(26-30-49)22-20-43-17-15-42(16-18-43)19-21-44-23-27-48(28-24-44)55(46-11-5-3-6-12-46)50-31-35-52(59-2)36-32-50/h3-8,11-38H,9-10,39-40H2,1-2H3/b21-19+,22-20+. The van der Waals surface area contributed by atoms with Crippen molar-refractivity contribution in [2.75, 3.05) is 30.1 Å². The first kappa shape index (κ1) is 42.3. The van der Waals surface area contributed by atoms with Crippen molar-refractivity contribution in [2.24, 2.45) is 0 Å². The predicted octanol–water partition coefficient (Wildman–Crippen LogP) is 13.8. The Hall–Kier alpha value is -7.84. The van der Waals surface area contributed by atoms with Gasteiger partial charge in [0.05, 0.1) is 20.3 Å². The van der Waals surface area contributed by atoms with Crippen LogP contribution < -0.4 is 19.3 Å². The van der Waals surface area contributed by atoms with Crippen LogP contribution >= 0.6 is 0 Å². The third-order valence-corrected chi connectivity index (χ3v) is 9.89. The molecule has 0 bridgehead atoms. The molecule has 0 atom stereocenters. The third-order valence-electron chi connectivity index (χ3n) is 9.89. The zero-order chi connectivity index (χ0) is 42.9. The molecular formula is C54H48N2O6. The molecule has 0 amide bonds. The van der Waals surface area contributed by atoms with Gasteiger partial charge in [-0.15, -0.1) is 0 Å². The maximum absolute atomic E-state index is 12.2. The van der Waals surface area contributed by atoms with E-state index in [-0.39, 0.29) is 12.6 Å². The minimum atomic E-state index is -0.780. The fourth-order valence-corrected chi connectivity index (χ4v) is 6.72. The van der Waals surface area contributed by atoms with Crippen LogP contribution in [0.25, 0.3) is 24.3 Å². The molecule has 0 saturated carbocycles. The van der Waals surface area contributed by atoms with Crippen LogP contribution in [0.15, 0.2) is 182 Å². The summed E-state index contributed by atoms with van der Waals surface area (Å²) in [4.78, 5) is 27.5. The van der Waals surface area contributed by atoms with E-state index >= 15 is 0 Å². The zero-order valence-electron chi connectivity index (χ0n) is 34.8. The maximum atomic E-state index is 12.2. The van der Waals surface area contributed by atoms with Crippen molar-refractivity contribution < 1.29 is 28.5 Å². The number of unbranched alkanes of at least 4 members (excludes halogenated alkanes) is 1. The number of nitrogens with zero attached hydrogens (tertiary/aromatic N) is 2. The number of para-hydroxylation sites is 2. The molecule has 7 aromatic carbocycles. The van der Waals surface area contributed by atoms with Crippen LogP contribution in [0.2, 0.25) is 0 Å². The Kier molecular flexibility index (Phi) is 14.6. The van der Waals surface area contributed by atoms with E-state index in [4.69, 9.17) is 18.9 Å². The minimum absolute atomic E-state index is 0.176. The van der Waals surface area contributed by atoms with Crippen molar-refractivity contribution >= 4 is 70.6 Å². The van der Waals surface area contributed by atoms with E-state index in [0.29, 0.717) is 25.2 Å². The van der Waals surface area contributed by atoms with E-state index in [0.717, 1.165) is 62.1 Å². The van der Waals surface area contributed by atoms with Gasteiger partial charge in [-0.1, -0.05) is 109 Å². The van der Waals surface area contributed by atoms with E-state index in [1.54, 1.807) is 19.2 Å². The van der Waals surface area contributed by atoms with Gasteiger partial charge in [-0.25, -0.2) is 4.79 Å². The second-order valence-electron chi connectivity index (χ2n) is 14.3. The van der Waals surface area contributed by atoms with Crippen molar-refractivity contribution in [3.63, 3.8) is 0 Å². The highest BCUT2D eigenvalue weighted by molar-refractivity contribution is 5.80. The number of carbonyl (C=O) groups excluding carboxylic acids is 2. The number of methoxy groups -OCH3 is 1. The van der Waals surface area contributed by atoms with Crippen LogP contribution in [-0.2, 0) is 14.3 Å². The van der Waals surface area contributed by atoms with E-state index < -0.39 is 6.16 Å². The van der Waals surface area contributed by atoms with Crippen LogP contribution in [0.4, 0.5) is 38.9 Å². The summed E-state index contributed by atoms with van der Waals surface area (Å²) in [5.41, 5.74) is 10.5. The number of rotatable bonds is 17. The number of hydrogen-bond donors (Lipinski definition) is 0. The Morgan fingerprint density at radius 3 is 1.11 bits per heavy atom. The average Bonchev–Trinajstić information content (AvgIpc) is 3.31. The SMILES string of the molecule is COc1ccc(N(c2ccccc2)c2ccc(/C=C/c3ccc(/C=C/c4ccc(N(c5ccccc5)c5ccc(OC(=O)OCCCCOC(C)=O)cc5)cc4)cc3)cc2)cc1. The maximum Gasteiger partial charge on any atom is 0.513 e. The lowest BCUT2D eigenvalue weighted by molar-refractivity contribution is -0.141. The van der Waals surface area contributed by atoms with Crippen molar-refractivity contribution in [3.05, 3.63) is 204 Å². The lowest BCUT2D eigenvalue weighted by Crippen LogP contribution is -2.12. The monoisotopic (exact) mass is 820 g/mol. The number of carbonyl (C=O) groups is 2. The van der Waals surface area contributed by atoms with E-state index in [2.05, 4.69) is 155 Å². The molecule has 0 aromatic heterocycles. The summed E-state index contributed by atoms with van der Waals surface area (Å²) in [6.45, 7) is 1.83. The van der Waals surface area contributed by atoms with Crippen molar-refractivity contribution in [3.8, 4) is 11.5 Å². The summed E-state index contributed by atoms with van der Waals surface area (Å²) in [6, 6.07) is 61.3. The topological polar surface area (TPSA) is 77.5 Å². The minimum Gasteiger partial charge on any atom is -0.497 e. The summed E-state index contributed by atoms with van der Waals surface area (Å²) in [5.74, 6) is 0.869. The molecule has 0 saturated heterocycles. The highest BCUT2D eigenvalue weighted by Crippen LogP contribution is 2.37. The molecule has 0 aliphatic carbocycles. The summed E-state index contributed by atoms with van der Waals surface area (Å²) in [5, 5.41) is 0. The molecule has 8 nitrogen and oxygen atoms in total. The lowest BCUT2D eigenvalue weighted by atomic mass is 10.1. The lowest BCUT2D eigenvalue weighted by Gasteiger charge is -2.25. The molecule has 0 aliphatic heterocycles. The van der Waals surface area contributed by atoms with Crippen molar-refractivity contribution in [1.29, 1.82) is 0 Å². The molecule has 0 aliphatic rings. The highest BCUT2D eigenvalue weighted by atomic mass is 16.7. The smallest absolute Gasteiger partial charge is 0.497 e. The molecule has 0 radical (unpaired) electrons. The second kappa shape index (κ2) is 21.4. The Morgan fingerprint density at radius 2 is 0.742 bits per heavy atom. The Bertz CT molecular complexity index is 2540. The molecule has 7 aromatic rings. The first-order valence-electron chi connectivity index (χ1n) is 20.5. The Morgan fingerprint density at radius 1 is 0.419 bits per heavy atom. The molecule has 0 spiro atoms. The van der Waals surface area contributed by atoms with Crippen LogP contribution in [-0.4, -0.2) is 32.4 Å². The van der Waals surface area contributed by atoms with Crippen molar-refractivity contribution in [1.82, 2.24) is 0 Å². The number of hydrogen-bond acceptors (Lipinski definition) is 8. The van der Waals surface area contributed by atoms with Gasteiger partial charge in [-0.2, -0.15) is 0 Å². The Labute approximate surface area is 363 Å². The molecule has 0 unspecified atom stereocenters. The fraction of sp³-hybridized carbons (Fsp3) is 0.111. The fourth-order valence-electron chi connectivity index (χ4n) is 6.72. The number of ether oxygens (including phenoxy) is 4.